The molecule has 8 nitrogen and oxygen atoms in total. The molecule has 9 heteroatoms. The second-order valence-corrected chi connectivity index (χ2v) is 5.03. The topological polar surface area (TPSA) is 104 Å². The van der Waals surface area contributed by atoms with Gasteiger partial charge in [-0.25, -0.2) is 5.84 Å². The summed E-state index contributed by atoms with van der Waals surface area (Å²) in [5, 5.41) is 4.57. The molecule has 19 heavy (non-hydrogen) atoms. The van der Waals surface area contributed by atoms with Crippen molar-refractivity contribution >= 4 is 17.7 Å². The van der Waals surface area contributed by atoms with Crippen LogP contribution in [0.15, 0.2) is 22.4 Å². The van der Waals surface area contributed by atoms with Gasteiger partial charge in [-0.2, -0.15) is 20.1 Å². The molecular formula is C10H15N7OS. The Morgan fingerprint density at radius 1 is 1.37 bits per heavy atom. The molecule has 0 aliphatic rings. The summed E-state index contributed by atoms with van der Waals surface area (Å²) in [7, 11) is 1.84. The summed E-state index contributed by atoms with van der Waals surface area (Å²) >= 11 is 1.36. The molecule has 3 N–H and O–H groups in total. The Bertz CT molecular complexity index is 557. The van der Waals surface area contributed by atoms with E-state index in [1.807, 2.05) is 27.1 Å². The number of nitrogens with one attached hydrogen (secondary N) is 1. The van der Waals surface area contributed by atoms with Gasteiger partial charge in [0.25, 0.3) is 0 Å². The number of hydrazine groups is 1. The highest BCUT2D eigenvalue weighted by molar-refractivity contribution is 7.99. The predicted octanol–water partition coefficient (Wildman–Crippen LogP) is 0.829. The maximum absolute atomic E-state index is 5.45. The number of nitrogens with zero attached hydrogens (tertiary/aromatic N) is 5. The Labute approximate surface area is 114 Å². The zero-order valence-corrected chi connectivity index (χ0v) is 11.7. The molecule has 2 aromatic heterocycles. The van der Waals surface area contributed by atoms with Crippen LogP contribution in [-0.2, 0) is 7.05 Å². The van der Waals surface area contributed by atoms with Gasteiger partial charge in [-0.05, 0) is 25.6 Å². The van der Waals surface area contributed by atoms with Gasteiger partial charge in [0, 0.05) is 13.2 Å². The molecule has 0 unspecified atom stereocenters. The molecule has 0 aliphatic carbocycles. The van der Waals surface area contributed by atoms with Crippen molar-refractivity contribution in [3.05, 3.63) is 12.4 Å². The van der Waals surface area contributed by atoms with Gasteiger partial charge in [0.15, 0.2) is 0 Å². The SMILES string of the molecule is CC(C)Oc1nc(NN)nc(Sc2cnn(C)c2)n1. The summed E-state index contributed by atoms with van der Waals surface area (Å²) in [6, 6.07) is 0.240. The van der Waals surface area contributed by atoms with Crippen LogP contribution < -0.4 is 16.0 Å². The van der Waals surface area contributed by atoms with Crippen molar-refractivity contribution in [2.75, 3.05) is 5.43 Å². The normalized spacial score (nSPS) is 10.8. The average Bonchev–Trinajstić information content (AvgIpc) is 2.73. The highest BCUT2D eigenvalue weighted by Crippen LogP contribution is 2.25. The predicted molar refractivity (Wildman–Crippen MR) is 70.7 cm³/mol. The van der Waals surface area contributed by atoms with Crippen LogP contribution in [0.4, 0.5) is 5.95 Å². The van der Waals surface area contributed by atoms with E-state index >= 15 is 0 Å². The van der Waals surface area contributed by atoms with Crippen molar-refractivity contribution < 1.29 is 4.74 Å². The Hall–Kier alpha value is -1.87. The number of nitrogens with two attached hydrogens (primary N) is 1. The molecule has 2 heterocycles. The highest BCUT2D eigenvalue weighted by Gasteiger charge is 2.10. The maximum Gasteiger partial charge on any atom is 0.322 e. The summed E-state index contributed by atoms with van der Waals surface area (Å²) in [5.41, 5.74) is 2.40. The number of aryl methyl sites for hydroxylation is 1. The lowest BCUT2D eigenvalue weighted by Gasteiger charge is -2.09. The Morgan fingerprint density at radius 2 is 2.16 bits per heavy atom. The van der Waals surface area contributed by atoms with Crippen LogP contribution in [0, 0.1) is 0 Å². The summed E-state index contributed by atoms with van der Waals surface area (Å²) in [6.45, 7) is 3.79. The fraction of sp³-hybridized carbons (Fsp3) is 0.400. The van der Waals surface area contributed by atoms with Crippen LogP contribution >= 0.6 is 11.8 Å². The van der Waals surface area contributed by atoms with E-state index in [-0.39, 0.29) is 18.1 Å². The number of ether oxygens (including phenoxy) is 1. The van der Waals surface area contributed by atoms with Crippen LogP contribution in [0.25, 0.3) is 0 Å². The quantitative estimate of drug-likeness (QED) is 0.613. The van der Waals surface area contributed by atoms with E-state index in [1.165, 1.54) is 11.8 Å². The zero-order chi connectivity index (χ0) is 13.8. The lowest BCUT2D eigenvalue weighted by molar-refractivity contribution is 0.219. The summed E-state index contributed by atoms with van der Waals surface area (Å²) in [5.74, 6) is 5.59. The van der Waals surface area contributed by atoms with Crippen LogP contribution in [0.1, 0.15) is 13.8 Å². The number of anilines is 1. The number of hydrogen-bond donors (Lipinski definition) is 2. The number of hydrogen-bond acceptors (Lipinski definition) is 8. The molecule has 0 aromatic carbocycles. The molecule has 0 saturated carbocycles. The van der Waals surface area contributed by atoms with Gasteiger partial charge in [0.1, 0.15) is 0 Å². The van der Waals surface area contributed by atoms with E-state index in [0.717, 1.165) is 4.90 Å². The van der Waals surface area contributed by atoms with Gasteiger partial charge in [0.05, 0.1) is 17.2 Å². The van der Waals surface area contributed by atoms with Gasteiger partial charge < -0.3 is 4.74 Å². The van der Waals surface area contributed by atoms with Crippen molar-refractivity contribution in [3.63, 3.8) is 0 Å². The van der Waals surface area contributed by atoms with Crippen molar-refractivity contribution in [2.45, 2.75) is 30.0 Å². The summed E-state index contributed by atoms with van der Waals surface area (Å²) in [4.78, 5) is 13.3. The first kappa shape index (κ1) is 13.6. The third kappa shape index (κ3) is 3.80. The Kier molecular flexibility index (Phi) is 4.17. The fourth-order valence-corrected chi connectivity index (χ4v) is 2.04. The molecule has 0 fully saturated rings. The van der Waals surface area contributed by atoms with Gasteiger partial charge in [0.2, 0.25) is 11.1 Å². The number of nitrogen functional groups attached to an aromatic ring is 1. The smallest absolute Gasteiger partial charge is 0.322 e. The third-order valence-electron chi connectivity index (χ3n) is 1.95. The van der Waals surface area contributed by atoms with E-state index in [2.05, 4.69) is 25.5 Å². The van der Waals surface area contributed by atoms with Crippen molar-refractivity contribution in [2.24, 2.45) is 12.9 Å². The number of aromatic nitrogens is 5. The van der Waals surface area contributed by atoms with E-state index in [4.69, 9.17) is 10.6 Å². The molecule has 0 aliphatic heterocycles. The molecule has 2 aromatic rings. The Morgan fingerprint density at radius 3 is 2.74 bits per heavy atom. The van der Waals surface area contributed by atoms with Crippen LogP contribution in [-0.4, -0.2) is 30.8 Å². The van der Waals surface area contributed by atoms with Gasteiger partial charge >= 0.3 is 6.01 Å². The van der Waals surface area contributed by atoms with Crippen molar-refractivity contribution in [1.82, 2.24) is 24.7 Å². The minimum absolute atomic E-state index is 0.0238. The standard InChI is InChI=1S/C10H15N7OS/c1-6(2)18-9-13-8(16-11)14-10(15-9)19-7-4-12-17(3)5-7/h4-6H,11H2,1-3H3,(H,13,14,15,16). The van der Waals surface area contributed by atoms with Crippen LogP contribution in [0.3, 0.4) is 0 Å². The summed E-state index contributed by atoms with van der Waals surface area (Å²) < 4.78 is 7.15. The second kappa shape index (κ2) is 5.85. The molecule has 102 valence electrons. The van der Waals surface area contributed by atoms with Crippen molar-refractivity contribution in [3.8, 4) is 6.01 Å². The third-order valence-corrected chi connectivity index (χ3v) is 2.77. The molecule has 0 spiro atoms. The van der Waals surface area contributed by atoms with Crippen LogP contribution in [0.5, 0.6) is 6.01 Å². The first-order valence-electron chi connectivity index (χ1n) is 5.62. The summed E-state index contributed by atoms with van der Waals surface area (Å²) in [6.07, 6.45) is 3.57. The molecular weight excluding hydrogens is 266 g/mol. The fourth-order valence-electron chi connectivity index (χ4n) is 1.27. The Balaban J connectivity index is 2.23. The average molecular weight is 281 g/mol. The van der Waals surface area contributed by atoms with Crippen LogP contribution in [0.2, 0.25) is 0 Å². The molecule has 2 rings (SSSR count). The largest absolute Gasteiger partial charge is 0.461 e. The minimum Gasteiger partial charge on any atom is -0.461 e. The highest BCUT2D eigenvalue weighted by atomic mass is 32.2. The van der Waals surface area contributed by atoms with E-state index in [1.54, 1.807) is 10.9 Å². The maximum atomic E-state index is 5.45. The van der Waals surface area contributed by atoms with Gasteiger partial charge in [-0.1, -0.05) is 0 Å². The zero-order valence-electron chi connectivity index (χ0n) is 10.9. The minimum atomic E-state index is -0.0238. The van der Waals surface area contributed by atoms with E-state index < -0.39 is 0 Å². The second-order valence-electron chi connectivity index (χ2n) is 3.99. The lowest BCUT2D eigenvalue weighted by Crippen LogP contribution is -2.14. The number of rotatable bonds is 5. The first-order valence-corrected chi connectivity index (χ1v) is 6.44. The molecule has 0 saturated heterocycles. The molecule has 0 amide bonds. The monoisotopic (exact) mass is 281 g/mol. The van der Waals surface area contributed by atoms with Gasteiger partial charge in [-0.3, -0.25) is 10.1 Å². The van der Waals surface area contributed by atoms with Crippen molar-refractivity contribution in [1.29, 1.82) is 0 Å². The van der Waals surface area contributed by atoms with E-state index in [9.17, 15) is 0 Å². The molecule has 0 bridgehead atoms. The lowest BCUT2D eigenvalue weighted by atomic mass is 10.5. The molecule has 0 radical (unpaired) electrons. The van der Waals surface area contributed by atoms with E-state index in [0.29, 0.717) is 5.16 Å². The van der Waals surface area contributed by atoms with Gasteiger partial charge in [-0.15, -0.1) is 0 Å². The molecule has 0 atom stereocenters. The first-order chi connectivity index (χ1) is 9.06.